The standard InChI is InChI=1S/C16H16N2O4S3/c19-15(17-9-11-2-1-6-23-11)5-7-25(21,22)12-3-4-13-14(8-12)24-10-16(20)18-13/h1-4,6,8H,5,7,9-10H2,(H,17,19)(H,18,20). The molecule has 0 fully saturated rings. The lowest BCUT2D eigenvalue weighted by Gasteiger charge is -2.17. The van der Waals surface area contributed by atoms with Crippen molar-refractivity contribution in [2.24, 2.45) is 0 Å². The molecule has 25 heavy (non-hydrogen) atoms. The van der Waals surface area contributed by atoms with Gasteiger partial charge in [0.25, 0.3) is 0 Å². The van der Waals surface area contributed by atoms with Gasteiger partial charge in [0.2, 0.25) is 11.8 Å². The number of hydrogen-bond acceptors (Lipinski definition) is 6. The van der Waals surface area contributed by atoms with Crippen LogP contribution in [0, 0.1) is 0 Å². The first kappa shape index (κ1) is 18.0. The quantitative estimate of drug-likeness (QED) is 0.781. The van der Waals surface area contributed by atoms with E-state index in [9.17, 15) is 18.0 Å². The molecule has 1 aromatic heterocycles. The summed E-state index contributed by atoms with van der Waals surface area (Å²) in [5, 5.41) is 7.34. The average molecular weight is 397 g/mol. The van der Waals surface area contributed by atoms with Crippen molar-refractivity contribution in [3.05, 3.63) is 40.6 Å². The van der Waals surface area contributed by atoms with E-state index < -0.39 is 9.84 Å². The van der Waals surface area contributed by atoms with Crippen LogP contribution in [0.4, 0.5) is 5.69 Å². The van der Waals surface area contributed by atoms with Gasteiger partial charge < -0.3 is 10.6 Å². The molecule has 0 bridgehead atoms. The van der Waals surface area contributed by atoms with E-state index in [2.05, 4.69) is 10.6 Å². The van der Waals surface area contributed by atoms with Gasteiger partial charge >= 0.3 is 0 Å². The number of carbonyl (C=O) groups excluding carboxylic acids is 2. The van der Waals surface area contributed by atoms with Gasteiger partial charge in [-0.25, -0.2) is 8.42 Å². The molecule has 0 atom stereocenters. The Morgan fingerprint density at radius 3 is 2.88 bits per heavy atom. The van der Waals surface area contributed by atoms with Gasteiger partial charge in [0.1, 0.15) is 0 Å². The number of fused-ring (bicyclic) bond motifs is 1. The van der Waals surface area contributed by atoms with Crippen LogP contribution in [-0.2, 0) is 26.0 Å². The fourth-order valence-corrected chi connectivity index (χ4v) is 5.11. The molecule has 0 radical (unpaired) electrons. The van der Waals surface area contributed by atoms with Crippen LogP contribution in [-0.4, -0.2) is 31.7 Å². The molecule has 0 saturated carbocycles. The van der Waals surface area contributed by atoms with Gasteiger partial charge in [0.15, 0.2) is 9.84 Å². The van der Waals surface area contributed by atoms with E-state index >= 15 is 0 Å². The third-order valence-corrected chi connectivity index (χ3v) is 7.23. The number of carbonyl (C=O) groups is 2. The fourth-order valence-electron chi connectivity index (χ4n) is 2.28. The summed E-state index contributed by atoms with van der Waals surface area (Å²) >= 11 is 2.84. The molecule has 132 valence electrons. The van der Waals surface area contributed by atoms with Gasteiger partial charge in [0, 0.05) is 16.2 Å². The number of hydrogen-bond donors (Lipinski definition) is 2. The summed E-state index contributed by atoms with van der Waals surface area (Å²) in [6, 6.07) is 8.41. The van der Waals surface area contributed by atoms with Gasteiger partial charge in [-0.05, 0) is 29.6 Å². The first-order valence-corrected chi connectivity index (χ1v) is 11.0. The lowest BCUT2D eigenvalue weighted by molar-refractivity contribution is -0.120. The maximum atomic E-state index is 12.4. The minimum absolute atomic E-state index is 0.0886. The van der Waals surface area contributed by atoms with Crippen LogP contribution < -0.4 is 10.6 Å². The highest BCUT2D eigenvalue weighted by Gasteiger charge is 2.21. The summed E-state index contributed by atoms with van der Waals surface area (Å²) in [5.74, 6) is -0.382. The summed E-state index contributed by atoms with van der Waals surface area (Å²) in [7, 11) is -3.56. The maximum Gasteiger partial charge on any atom is 0.234 e. The highest BCUT2D eigenvalue weighted by molar-refractivity contribution is 8.00. The number of anilines is 1. The topological polar surface area (TPSA) is 92.3 Å². The van der Waals surface area contributed by atoms with Gasteiger partial charge in [0.05, 0.1) is 28.6 Å². The fraction of sp³-hybridized carbons (Fsp3) is 0.250. The average Bonchev–Trinajstić information content (AvgIpc) is 3.11. The molecule has 0 spiro atoms. The summed E-state index contributed by atoms with van der Waals surface area (Å²) < 4.78 is 24.9. The lowest BCUT2D eigenvalue weighted by Crippen LogP contribution is -2.25. The first-order valence-electron chi connectivity index (χ1n) is 7.52. The van der Waals surface area contributed by atoms with Crippen molar-refractivity contribution in [3.8, 4) is 0 Å². The molecular formula is C16H16N2O4S3. The molecule has 6 nitrogen and oxygen atoms in total. The molecule has 2 aromatic rings. The van der Waals surface area contributed by atoms with Crippen molar-refractivity contribution >= 4 is 50.4 Å². The first-order chi connectivity index (χ1) is 11.9. The molecule has 1 aliphatic rings. The molecule has 3 rings (SSSR count). The Kier molecular flexibility index (Phi) is 5.45. The highest BCUT2D eigenvalue weighted by Crippen LogP contribution is 2.33. The smallest absolute Gasteiger partial charge is 0.234 e. The Balaban J connectivity index is 1.60. The van der Waals surface area contributed by atoms with E-state index in [1.165, 1.54) is 29.2 Å². The number of amides is 2. The van der Waals surface area contributed by atoms with Crippen LogP contribution in [0.1, 0.15) is 11.3 Å². The molecule has 2 N–H and O–H groups in total. The van der Waals surface area contributed by atoms with E-state index in [-0.39, 0.29) is 34.6 Å². The monoisotopic (exact) mass is 396 g/mol. The molecule has 9 heteroatoms. The molecule has 1 aliphatic heterocycles. The second-order valence-corrected chi connectivity index (χ2v) is 9.58. The predicted molar refractivity (Wildman–Crippen MR) is 98.6 cm³/mol. The van der Waals surface area contributed by atoms with Crippen LogP contribution in [0.3, 0.4) is 0 Å². The second-order valence-electron chi connectivity index (χ2n) is 5.42. The Morgan fingerprint density at radius 2 is 2.12 bits per heavy atom. The van der Waals surface area contributed by atoms with Crippen molar-refractivity contribution in [1.82, 2.24) is 5.32 Å². The van der Waals surface area contributed by atoms with Crippen molar-refractivity contribution in [2.75, 3.05) is 16.8 Å². The zero-order valence-electron chi connectivity index (χ0n) is 13.2. The number of thiophene rings is 1. The number of sulfone groups is 1. The molecule has 0 saturated heterocycles. The third-order valence-electron chi connectivity index (χ3n) is 3.58. The number of benzene rings is 1. The molecule has 0 aliphatic carbocycles. The summed E-state index contributed by atoms with van der Waals surface area (Å²) in [4.78, 5) is 25.1. The minimum atomic E-state index is -3.56. The van der Waals surface area contributed by atoms with Crippen molar-refractivity contribution in [2.45, 2.75) is 22.8 Å². The largest absolute Gasteiger partial charge is 0.351 e. The van der Waals surface area contributed by atoms with Crippen LogP contribution in [0.2, 0.25) is 0 Å². The van der Waals surface area contributed by atoms with Crippen molar-refractivity contribution < 1.29 is 18.0 Å². The van der Waals surface area contributed by atoms with Gasteiger partial charge in [-0.2, -0.15) is 0 Å². The number of thioether (sulfide) groups is 1. The van der Waals surface area contributed by atoms with Crippen LogP contribution >= 0.6 is 23.1 Å². The Labute approximate surface area is 153 Å². The zero-order chi connectivity index (χ0) is 17.9. The van der Waals surface area contributed by atoms with Gasteiger partial charge in [-0.3, -0.25) is 9.59 Å². The van der Waals surface area contributed by atoms with Crippen LogP contribution in [0.15, 0.2) is 45.5 Å². The van der Waals surface area contributed by atoms with Gasteiger partial charge in [-0.15, -0.1) is 23.1 Å². The maximum absolute atomic E-state index is 12.4. The van der Waals surface area contributed by atoms with Crippen LogP contribution in [0.25, 0.3) is 0 Å². The predicted octanol–water partition coefficient (Wildman–Crippen LogP) is 2.27. The number of nitrogens with one attached hydrogen (secondary N) is 2. The lowest BCUT2D eigenvalue weighted by atomic mass is 10.3. The van der Waals surface area contributed by atoms with E-state index in [0.717, 1.165) is 9.77 Å². The normalized spacial score (nSPS) is 13.8. The summed E-state index contributed by atoms with van der Waals surface area (Å²) in [6.07, 6.45) is -0.0886. The highest BCUT2D eigenvalue weighted by atomic mass is 32.2. The Hall–Kier alpha value is -1.84. The SMILES string of the molecule is O=C(CCS(=O)(=O)c1ccc2c(c1)SCC(=O)N2)NCc1cccs1. The minimum Gasteiger partial charge on any atom is -0.351 e. The molecule has 0 unspecified atom stereocenters. The van der Waals surface area contributed by atoms with Crippen molar-refractivity contribution in [1.29, 1.82) is 0 Å². The Bertz CT molecular complexity index is 892. The summed E-state index contributed by atoms with van der Waals surface area (Å²) in [6.45, 7) is 0.408. The molecule has 2 amide bonds. The third kappa shape index (κ3) is 4.62. The van der Waals surface area contributed by atoms with E-state index in [1.54, 1.807) is 12.1 Å². The van der Waals surface area contributed by atoms with Crippen molar-refractivity contribution in [3.63, 3.8) is 0 Å². The Morgan fingerprint density at radius 1 is 1.28 bits per heavy atom. The van der Waals surface area contributed by atoms with E-state index in [4.69, 9.17) is 0 Å². The van der Waals surface area contributed by atoms with Gasteiger partial charge in [-0.1, -0.05) is 6.07 Å². The molecule has 2 heterocycles. The molecule has 1 aromatic carbocycles. The number of rotatable bonds is 6. The second kappa shape index (κ2) is 7.59. The van der Waals surface area contributed by atoms with E-state index in [1.807, 2.05) is 17.5 Å². The summed E-state index contributed by atoms with van der Waals surface area (Å²) in [5.41, 5.74) is 0.619. The zero-order valence-corrected chi connectivity index (χ0v) is 15.6. The van der Waals surface area contributed by atoms with Crippen LogP contribution in [0.5, 0.6) is 0 Å². The van der Waals surface area contributed by atoms with E-state index in [0.29, 0.717) is 12.2 Å². The molecular weight excluding hydrogens is 380 g/mol.